The Kier molecular flexibility index (Phi) is 6.31. The average Bonchev–Trinajstić information content (AvgIpc) is 3.49. The van der Waals surface area contributed by atoms with Gasteiger partial charge in [-0.1, -0.05) is 18.2 Å². The molecule has 1 aliphatic carbocycles. The van der Waals surface area contributed by atoms with Gasteiger partial charge in [0.2, 0.25) is 11.8 Å². The number of nitrogens with one attached hydrogen (secondary N) is 2. The summed E-state index contributed by atoms with van der Waals surface area (Å²) in [7, 11) is 0. The van der Waals surface area contributed by atoms with E-state index in [1.807, 2.05) is 32.0 Å². The van der Waals surface area contributed by atoms with Gasteiger partial charge in [0.05, 0.1) is 6.54 Å². The molecule has 6 nitrogen and oxygen atoms in total. The van der Waals surface area contributed by atoms with Crippen molar-refractivity contribution in [3.8, 4) is 5.75 Å². The second kappa shape index (κ2) is 8.89. The molecule has 2 aromatic rings. The summed E-state index contributed by atoms with van der Waals surface area (Å²) in [5.74, 6) is 0.00236. The first-order valence-electron chi connectivity index (χ1n) is 9.61. The molecule has 1 fully saturated rings. The molecule has 3 N–H and O–H groups in total. The Morgan fingerprint density at radius 2 is 1.64 bits per heavy atom. The lowest BCUT2D eigenvalue weighted by atomic mass is 10.1. The van der Waals surface area contributed by atoms with Crippen molar-refractivity contribution < 1.29 is 14.7 Å². The van der Waals surface area contributed by atoms with Gasteiger partial charge in [-0.25, -0.2) is 0 Å². The van der Waals surface area contributed by atoms with Crippen LogP contribution in [0.2, 0.25) is 0 Å². The molecule has 3 rings (SSSR count). The van der Waals surface area contributed by atoms with Crippen molar-refractivity contribution >= 4 is 23.2 Å². The third-order valence-corrected chi connectivity index (χ3v) is 4.93. The van der Waals surface area contributed by atoms with Crippen LogP contribution in [0.5, 0.6) is 5.75 Å². The number of carbonyl (C=O) groups is 2. The molecule has 0 radical (unpaired) electrons. The third kappa shape index (κ3) is 5.57. The van der Waals surface area contributed by atoms with Gasteiger partial charge in [-0.15, -0.1) is 0 Å². The van der Waals surface area contributed by atoms with E-state index >= 15 is 0 Å². The highest BCUT2D eigenvalue weighted by molar-refractivity contribution is 5.94. The van der Waals surface area contributed by atoms with E-state index in [9.17, 15) is 14.7 Å². The molecule has 148 valence electrons. The second-order valence-corrected chi connectivity index (χ2v) is 7.36. The SMILES string of the molecule is Cc1cccc(C)c1NC(=O)CN(CCC(=O)Nc1ccc(O)cc1)C1CC1. The van der Waals surface area contributed by atoms with Gasteiger partial charge in [0, 0.05) is 30.4 Å². The maximum absolute atomic E-state index is 12.6. The van der Waals surface area contributed by atoms with Gasteiger partial charge >= 0.3 is 0 Å². The van der Waals surface area contributed by atoms with E-state index in [1.165, 1.54) is 12.1 Å². The van der Waals surface area contributed by atoms with Crippen LogP contribution in [0.25, 0.3) is 0 Å². The molecule has 28 heavy (non-hydrogen) atoms. The summed E-state index contributed by atoms with van der Waals surface area (Å²) >= 11 is 0. The number of hydrogen-bond acceptors (Lipinski definition) is 4. The summed E-state index contributed by atoms with van der Waals surface area (Å²) in [6.07, 6.45) is 2.44. The summed E-state index contributed by atoms with van der Waals surface area (Å²) in [6.45, 7) is 4.78. The standard InChI is InChI=1S/C22H27N3O3/c1-15-4-3-5-16(2)22(15)24-21(28)14-25(18-8-9-18)13-12-20(27)23-17-6-10-19(26)11-7-17/h3-7,10-11,18,26H,8-9,12-14H2,1-2H3,(H,23,27)(H,24,28). The van der Waals surface area contributed by atoms with Gasteiger partial charge in [0.1, 0.15) is 5.75 Å². The largest absolute Gasteiger partial charge is 0.508 e. The fourth-order valence-corrected chi connectivity index (χ4v) is 3.22. The number of para-hydroxylation sites is 1. The summed E-state index contributed by atoms with van der Waals surface area (Å²) in [5, 5.41) is 15.1. The third-order valence-electron chi connectivity index (χ3n) is 4.93. The first-order chi connectivity index (χ1) is 13.4. The molecular weight excluding hydrogens is 354 g/mol. The number of phenols is 1. The van der Waals surface area contributed by atoms with E-state index in [0.717, 1.165) is 29.7 Å². The molecule has 2 aromatic carbocycles. The number of benzene rings is 2. The van der Waals surface area contributed by atoms with Crippen LogP contribution in [0.15, 0.2) is 42.5 Å². The Morgan fingerprint density at radius 1 is 1.00 bits per heavy atom. The van der Waals surface area contributed by atoms with Crippen molar-refractivity contribution in [2.75, 3.05) is 23.7 Å². The van der Waals surface area contributed by atoms with Crippen LogP contribution in [-0.4, -0.2) is 41.0 Å². The lowest BCUT2D eigenvalue weighted by Gasteiger charge is -2.22. The van der Waals surface area contributed by atoms with E-state index in [1.54, 1.807) is 12.1 Å². The molecule has 0 heterocycles. The molecule has 0 unspecified atom stereocenters. The second-order valence-electron chi connectivity index (χ2n) is 7.36. The smallest absolute Gasteiger partial charge is 0.238 e. The average molecular weight is 381 g/mol. The molecule has 0 bridgehead atoms. The topological polar surface area (TPSA) is 81.7 Å². The lowest BCUT2D eigenvalue weighted by Crippen LogP contribution is -2.37. The van der Waals surface area contributed by atoms with E-state index in [-0.39, 0.29) is 24.1 Å². The molecule has 1 aliphatic rings. The van der Waals surface area contributed by atoms with Gasteiger partial charge in [-0.05, 0) is 62.1 Å². The molecule has 0 saturated heterocycles. The maximum atomic E-state index is 12.6. The van der Waals surface area contributed by atoms with E-state index in [2.05, 4.69) is 15.5 Å². The van der Waals surface area contributed by atoms with Gasteiger partial charge < -0.3 is 15.7 Å². The van der Waals surface area contributed by atoms with E-state index < -0.39 is 0 Å². The quantitative estimate of drug-likeness (QED) is 0.612. The number of aryl methyl sites for hydroxylation is 2. The zero-order valence-corrected chi connectivity index (χ0v) is 16.4. The fourth-order valence-electron chi connectivity index (χ4n) is 3.22. The molecule has 0 atom stereocenters. The van der Waals surface area contributed by atoms with E-state index in [0.29, 0.717) is 24.7 Å². The number of nitrogens with zero attached hydrogens (tertiary/aromatic N) is 1. The fraction of sp³-hybridized carbons (Fsp3) is 0.364. The Bertz CT molecular complexity index is 824. The Hall–Kier alpha value is -2.86. The number of anilines is 2. The number of aromatic hydroxyl groups is 1. The molecular formula is C22H27N3O3. The summed E-state index contributed by atoms with van der Waals surface area (Å²) in [5.41, 5.74) is 3.60. The Labute approximate surface area is 165 Å². The highest BCUT2D eigenvalue weighted by atomic mass is 16.3. The molecule has 1 saturated carbocycles. The van der Waals surface area contributed by atoms with Crippen molar-refractivity contribution in [3.05, 3.63) is 53.6 Å². The highest BCUT2D eigenvalue weighted by Gasteiger charge is 2.30. The first kappa shape index (κ1) is 19.9. The van der Waals surface area contributed by atoms with Gasteiger partial charge in [-0.3, -0.25) is 14.5 Å². The summed E-state index contributed by atoms with van der Waals surface area (Å²) in [6, 6.07) is 12.7. The van der Waals surface area contributed by atoms with Crippen molar-refractivity contribution in [1.29, 1.82) is 0 Å². The minimum atomic E-state index is -0.105. The molecule has 0 aromatic heterocycles. The molecule has 0 aliphatic heterocycles. The Morgan fingerprint density at radius 3 is 2.25 bits per heavy atom. The van der Waals surface area contributed by atoms with Crippen LogP contribution >= 0.6 is 0 Å². The number of carbonyl (C=O) groups excluding carboxylic acids is 2. The number of amides is 2. The highest BCUT2D eigenvalue weighted by Crippen LogP contribution is 2.27. The maximum Gasteiger partial charge on any atom is 0.238 e. The molecule has 2 amide bonds. The van der Waals surface area contributed by atoms with Crippen LogP contribution in [0, 0.1) is 13.8 Å². The molecule has 0 spiro atoms. The van der Waals surface area contributed by atoms with Crippen molar-refractivity contribution in [2.24, 2.45) is 0 Å². The normalized spacial score (nSPS) is 13.4. The summed E-state index contributed by atoms with van der Waals surface area (Å²) in [4.78, 5) is 26.8. The Balaban J connectivity index is 1.51. The van der Waals surface area contributed by atoms with Gasteiger partial charge in [-0.2, -0.15) is 0 Å². The minimum Gasteiger partial charge on any atom is -0.508 e. The summed E-state index contributed by atoms with van der Waals surface area (Å²) < 4.78 is 0. The van der Waals surface area contributed by atoms with Crippen molar-refractivity contribution in [3.63, 3.8) is 0 Å². The zero-order valence-electron chi connectivity index (χ0n) is 16.4. The monoisotopic (exact) mass is 381 g/mol. The van der Waals surface area contributed by atoms with Crippen LogP contribution < -0.4 is 10.6 Å². The van der Waals surface area contributed by atoms with E-state index in [4.69, 9.17) is 0 Å². The van der Waals surface area contributed by atoms with Crippen LogP contribution in [0.4, 0.5) is 11.4 Å². The minimum absolute atomic E-state index is 0.0526. The predicted molar refractivity (Wildman–Crippen MR) is 110 cm³/mol. The van der Waals surface area contributed by atoms with Crippen molar-refractivity contribution in [1.82, 2.24) is 4.90 Å². The molecule has 6 heteroatoms. The predicted octanol–water partition coefficient (Wildman–Crippen LogP) is 3.44. The van der Waals surface area contributed by atoms with Crippen molar-refractivity contribution in [2.45, 2.75) is 39.2 Å². The number of phenolic OH excluding ortho intramolecular Hbond substituents is 1. The zero-order chi connectivity index (χ0) is 20.1. The number of hydrogen-bond donors (Lipinski definition) is 3. The van der Waals surface area contributed by atoms with Gasteiger partial charge in [0.15, 0.2) is 0 Å². The van der Waals surface area contributed by atoms with Crippen LogP contribution in [0.1, 0.15) is 30.4 Å². The van der Waals surface area contributed by atoms with Crippen LogP contribution in [-0.2, 0) is 9.59 Å². The lowest BCUT2D eigenvalue weighted by molar-refractivity contribution is -0.119. The number of rotatable bonds is 8. The van der Waals surface area contributed by atoms with Gasteiger partial charge in [0.25, 0.3) is 0 Å². The van der Waals surface area contributed by atoms with Crippen LogP contribution in [0.3, 0.4) is 0 Å². The first-order valence-corrected chi connectivity index (χ1v) is 9.61.